The van der Waals surface area contributed by atoms with E-state index in [2.05, 4.69) is 39.3 Å². The summed E-state index contributed by atoms with van der Waals surface area (Å²) in [6.07, 6.45) is 6.07. The molecule has 1 N–H and O–H groups in total. The van der Waals surface area contributed by atoms with Gasteiger partial charge in [-0.2, -0.15) is 11.8 Å². The molecule has 0 bridgehead atoms. The highest BCUT2D eigenvalue weighted by Gasteiger charge is 2.09. The fourth-order valence-corrected chi connectivity index (χ4v) is 2.29. The second-order valence-corrected chi connectivity index (χ2v) is 5.51. The molecule has 0 rings (SSSR count). The van der Waals surface area contributed by atoms with Gasteiger partial charge >= 0.3 is 0 Å². The summed E-state index contributed by atoms with van der Waals surface area (Å²) in [4.78, 5) is 0. The molecular formula is C12H27NS. The predicted octanol–water partition coefficient (Wildman–Crippen LogP) is 3.54. The lowest BCUT2D eigenvalue weighted by molar-refractivity contribution is 0.409. The van der Waals surface area contributed by atoms with Crippen LogP contribution in [-0.2, 0) is 0 Å². The van der Waals surface area contributed by atoms with Crippen molar-refractivity contribution < 1.29 is 0 Å². The molecule has 0 radical (unpaired) electrons. The molecule has 0 aromatic rings. The van der Waals surface area contributed by atoms with E-state index in [1.165, 1.54) is 25.0 Å². The van der Waals surface area contributed by atoms with Gasteiger partial charge in [0, 0.05) is 17.8 Å². The topological polar surface area (TPSA) is 12.0 Å². The summed E-state index contributed by atoms with van der Waals surface area (Å²) in [5.41, 5.74) is 0. The molecule has 0 saturated carbocycles. The quantitative estimate of drug-likeness (QED) is 0.667. The van der Waals surface area contributed by atoms with Crippen LogP contribution in [0, 0.1) is 5.92 Å². The van der Waals surface area contributed by atoms with Crippen LogP contribution in [0.4, 0.5) is 0 Å². The van der Waals surface area contributed by atoms with Crippen molar-refractivity contribution in [2.75, 3.05) is 12.0 Å². The minimum absolute atomic E-state index is 0.675. The Morgan fingerprint density at radius 2 is 1.79 bits per heavy atom. The SMILES string of the molecule is CCC(CSC)NC(C)CCC(C)C. The number of rotatable bonds is 8. The summed E-state index contributed by atoms with van der Waals surface area (Å²) >= 11 is 1.94. The fourth-order valence-electron chi connectivity index (χ4n) is 1.55. The van der Waals surface area contributed by atoms with Crippen LogP contribution in [-0.4, -0.2) is 24.1 Å². The highest BCUT2D eigenvalue weighted by molar-refractivity contribution is 7.98. The van der Waals surface area contributed by atoms with Crippen LogP contribution in [0.25, 0.3) is 0 Å². The Morgan fingerprint density at radius 3 is 2.21 bits per heavy atom. The Morgan fingerprint density at radius 1 is 1.14 bits per heavy atom. The van der Waals surface area contributed by atoms with Crippen molar-refractivity contribution in [1.82, 2.24) is 5.32 Å². The summed E-state index contributed by atoms with van der Waals surface area (Å²) in [6, 6.07) is 1.38. The van der Waals surface area contributed by atoms with Crippen molar-refractivity contribution in [3.05, 3.63) is 0 Å². The second kappa shape index (κ2) is 8.60. The number of hydrogen-bond donors (Lipinski definition) is 1. The third kappa shape index (κ3) is 7.69. The summed E-state index contributed by atoms with van der Waals surface area (Å²) in [5.74, 6) is 2.07. The van der Waals surface area contributed by atoms with Crippen molar-refractivity contribution in [3.8, 4) is 0 Å². The van der Waals surface area contributed by atoms with Crippen LogP contribution >= 0.6 is 11.8 Å². The molecule has 86 valence electrons. The maximum atomic E-state index is 3.70. The molecule has 2 unspecified atom stereocenters. The Balaban J connectivity index is 3.61. The van der Waals surface area contributed by atoms with Gasteiger partial charge in [-0.15, -0.1) is 0 Å². The molecule has 0 saturated heterocycles. The lowest BCUT2D eigenvalue weighted by Gasteiger charge is -2.22. The van der Waals surface area contributed by atoms with Crippen LogP contribution < -0.4 is 5.32 Å². The molecule has 2 heteroatoms. The van der Waals surface area contributed by atoms with Gasteiger partial charge in [0.05, 0.1) is 0 Å². The standard InChI is InChI=1S/C12H27NS/c1-6-12(9-14-5)13-11(4)8-7-10(2)3/h10-13H,6-9H2,1-5H3. The first-order valence-corrected chi connectivity index (χ1v) is 7.24. The van der Waals surface area contributed by atoms with Gasteiger partial charge in [0.25, 0.3) is 0 Å². The second-order valence-electron chi connectivity index (χ2n) is 4.60. The molecule has 2 atom stereocenters. The molecule has 0 aromatic carbocycles. The molecule has 14 heavy (non-hydrogen) atoms. The molecule has 0 heterocycles. The number of hydrogen-bond acceptors (Lipinski definition) is 2. The van der Waals surface area contributed by atoms with Gasteiger partial charge in [0.15, 0.2) is 0 Å². The Bertz CT molecular complexity index is 125. The van der Waals surface area contributed by atoms with Gasteiger partial charge in [0.1, 0.15) is 0 Å². The average molecular weight is 217 g/mol. The molecule has 0 aliphatic rings. The van der Waals surface area contributed by atoms with E-state index in [9.17, 15) is 0 Å². The van der Waals surface area contributed by atoms with E-state index in [1.54, 1.807) is 0 Å². The minimum atomic E-state index is 0.675. The van der Waals surface area contributed by atoms with E-state index < -0.39 is 0 Å². The predicted molar refractivity (Wildman–Crippen MR) is 69.1 cm³/mol. The van der Waals surface area contributed by atoms with E-state index in [0.717, 1.165) is 5.92 Å². The van der Waals surface area contributed by atoms with E-state index in [-0.39, 0.29) is 0 Å². The first kappa shape index (κ1) is 14.3. The normalized spacial score (nSPS) is 15.9. The first-order chi connectivity index (χ1) is 6.60. The van der Waals surface area contributed by atoms with Gasteiger partial charge in [-0.3, -0.25) is 0 Å². The molecular weight excluding hydrogens is 190 g/mol. The van der Waals surface area contributed by atoms with Crippen LogP contribution in [0.2, 0.25) is 0 Å². The monoisotopic (exact) mass is 217 g/mol. The number of nitrogens with one attached hydrogen (secondary N) is 1. The molecule has 0 aliphatic carbocycles. The third-order valence-corrected chi connectivity index (χ3v) is 3.29. The summed E-state index contributed by atoms with van der Waals surface area (Å²) in [7, 11) is 0. The van der Waals surface area contributed by atoms with E-state index in [0.29, 0.717) is 12.1 Å². The van der Waals surface area contributed by atoms with E-state index in [4.69, 9.17) is 0 Å². The van der Waals surface area contributed by atoms with Crippen LogP contribution in [0.15, 0.2) is 0 Å². The smallest absolute Gasteiger partial charge is 0.0157 e. The van der Waals surface area contributed by atoms with Crippen molar-refractivity contribution in [2.45, 2.75) is 59.0 Å². The summed E-state index contributed by atoms with van der Waals surface area (Å²) < 4.78 is 0. The van der Waals surface area contributed by atoms with Crippen LogP contribution in [0.5, 0.6) is 0 Å². The lowest BCUT2D eigenvalue weighted by atomic mass is 10.0. The Hall–Kier alpha value is 0.310. The Kier molecular flexibility index (Phi) is 8.80. The van der Waals surface area contributed by atoms with Crippen molar-refractivity contribution in [1.29, 1.82) is 0 Å². The lowest BCUT2D eigenvalue weighted by Crippen LogP contribution is -2.37. The zero-order valence-corrected chi connectivity index (χ0v) is 11.3. The minimum Gasteiger partial charge on any atom is -0.311 e. The average Bonchev–Trinajstić information content (AvgIpc) is 2.14. The number of thioether (sulfide) groups is 1. The zero-order chi connectivity index (χ0) is 11.0. The molecule has 1 nitrogen and oxygen atoms in total. The van der Waals surface area contributed by atoms with Gasteiger partial charge in [-0.05, 0) is 38.4 Å². The largest absolute Gasteiger partial charge is 0.311 e. The van der Waals surface area contributed by atoms with Crippen LogP contribution in [0.1, 0.15) is 47.0 Å². The van der Waals surface area contributed by atoms with Gasteiger partial charge < -0.3 is 5.32 Å². The molecule has 0 aliphatic heterocycles. The highest BCUT2D eigenvalue weighted by atomic mass is 32.2. The third-order valence-electron chi connectivity index (χ3n) is 2.56. The van der Waals surface area contributed by atoms with Crippen molar-refractivity contribution in [3.63, 3.8) is 0 Å². The molecule has 0 aromatic heterocycles. The van der Waals surface area contributed by atoms with E-state index in [1.807, 2.05) is 11.8 Å². The molecule has 0 fully saturated rings. The molecule has 0 amide bonds. The molecule has 0 spiro atoms. The van der Waals surface area contributed by atoms with Gasteiger partial charge in [-0.25, -0.2) is 0 Å². The highest BCUT2D eigenvalue weighted by Crippen LogP contribution is 2.09. The maximum absolute atomic E-state index is 3.70. The maximum Gasteiger partial charge on any atom is 0.0157 e. The van der Waals surface area contributed by atoms with Crippen molar-refractivity contribution >= 4 is 11.8 Å². The zero-order valence-electron chi connectivity index (χ0n) is 10.5. The van der Waals surface area contributed by atoms with Crippen LogP contribution in [0.3, 0.4) is 0 Å². The fraction of sp³-hybridized carbons (Fsp3) is 1.00. The first-order valence-electron chi connectivity index (χ1n) is 5.85. The van der Waals surface area contributed by atoms with Crippen molar-refractivity contribution in [2.24, 2.45) is 5.92 Å². The Labute approximate surface area is 94.4 Å². The van der Waals surface area contributed by atoms with E-state index >= 15 is 0 Å². The summed E-state index contributed by atoms with van der Waals surface area (Å²) in [5, 5.41) is 3.70. The van der Waals surface area contributed by atoms with Gasteiger partial charge in [0.2, 0.25) is 0 Å². The summed E-state index contributed by atoms with van der Waals surface area (Å²) in [6.45, 7) is 9.17. The van der Waals surface area contributed by atoms with Gasteiger partial charge in [-0.1, -0.05) is 20.8 Å².